The third-order valence-electron chi connectivity index (χ3n) is 4.77. The molecule has 0 aliphatic rings. The van der Waals surface area contributed by atoms with Crippen LogP contribution in [-0.2, 0) is 22.6 Å². The second-order valence-electron chi connectivity index (χ2n) is 6.95. The van der Waals surface area contributed by atoms with E-state index in [1.807, 2.05) is 31.4 Å². The van der Waals surface area contributed by atoms with Crippen molar-refractivity contribution in [1.29, 1.82) is 0 Å². The topological polar surface area (TPSA) is 73.8 Å². The van der Waals surface area contributed by atoms with Gasteiger partial charge in [0.1, 0.15) is 6.61 Å². The summed E-state index contributed by atoms with van der Waals surface area (Å²) in [6, 6.07) is 3.56. The zero-order valence-corrected chi connectivity index (χ0v) is 17.8. The molecule has 0 amide bonds. The van der Waals surface area contributed by atoms with Crippen molar-refractivity contribution in [2.24, 2.45) is 0 Å². The van der Waals surface area contributed by atoms with Gasteiger partial charge in [-0.3, -0.25) is 4.79 Å². The first-order valence-electron chi connectivity index (χ1n) is 9.12. The van der Waals surface area contributed by atoms with Crippen LogP contribution in [0.4, 0.5) is 0 Å². The summed E-state index contributed by atoms with van der Waals surface area (Å²) in [5.41, 5.74) is 5.79. The standard InChI is InChI=1S/C20H19Cl2N5O2/c1-11-6-18-23-12(2)16(13(3)27(18)25-11)4-5-19(28)29-10-15-9-26-8-14(21)7-17(22)20(26)24-15/h6-9H,4-5,10H2,1-3H3. The molecule has 0 saturated carbocycles. The molecule has 0 aromatic carbocycles. The molecule has 4 rings (SSSR count). The molecule has 0 unspecified atom stereocenters. The Labute approximate surface area is 177 Å². The van der Waals surface area contributed by atoms with Gasteiger partial charge in [0.05, 0.1) is 21.4 Å². The fourth-order valence-corrected chi connectivity index (χ4v) is 3.93. The Morgan fingerprint density at radius 2 is 1.93 bits per heavy atom. The van der Waals surface area contributed by atoms with Crippen LogP contribution in [0.3, 0.4) is 0 Å². The van der Waals surface area contributed by atoms with Crippen molar-refractivity contribution in [3.8, 4) is 0 Å². The first-order chi connectivity index (χ1) is 13.8. The van der Waals surface area contributed by atoms with Crippen LogP contribution < -0.4 is 0 Å². The summed E-state index contributed by atoms with van der Waals surface area (Å²) >= 11 is 12.1. The van der Waals surface area contributed by atoms with E-state index in [0.29, 0.717) is 27.8 Å². The molecule has 4 aromatic heterocycles. The van der Waals surface area contributed by atoms with Gasteiger partial charge in [0.25, 0.3) is 0 Å². The zero-order chi connectivity index (χ0) is 20.7. The van der Waals surface area contributed by atoms with Crippen molar-refractivity contribution >= 4 is 40.5 Å². The largest absolute Gasteiger partial charge is 0.459 e. The number of imidazole rings is 1. The molecule has 0 N–H and O–H groups in total. The minimum atomic E-state index is -0.304. The Balaban J connectivity index is 1.42. The van der Waals surface area contributed by atoms with Gasteiger partial charge in [-0.2, -0.15) is 5.10 Å². The number of ether oxygens (including phenoxy) is 1. The Morgan fingerprint density at radius 1 is 1.14 bits per heavy atom. The summed E-state index contributed by atoms with van der Waals surface area (Å²) in [5, 5.41) is 5.41. The van der Waals surface area contributed by atoms with E-state index in [-0.39, 0.29) is 19.0 Å². The van der Waals surface area contributed by atoms with E-state index in [9.17, 15) is 4.79 Å². The summed E-state index contributed by atoms with van der Waals surface area (Å²) in [4.78, 5) is 21.2. The van der Waals surface area contributed by atoms with Crippen molar-refractivity contribution in [3.63, 3.8) is 0 Å². The quantitative estimate of drug-likeness (QED) is 0.440. The van der Waals surface area contributed by atoms with Crippen molar-refractivity contribution < 1.29 is 9.53 Å². The number of rotatable bonds is 5. The number of esters is 1. The van der Waals surface area contributed by atoms with Crippen LogP contribution in [-0.4, -0.2) is 30.0 Å². The molecule has 4 heterocycles. The molecular weight excluding hydrogens is 413 g/mol. The Kier molecular flexibility index (Phi) is 5.19. The molecule has 0 bridgehead atoms. The molecule has 0 fully saturated rings. The highest BCUT2D eigenvalue weighted by molar-refractivity contribution is 6.36. The van der Waals surface area contributed by atoms with E-state index in [4.69, 9.17) is 27.9 Å². The van der Waals surface area contributed by atoms with Gasteiger partial charge in [-0.05, 0) is 38.8 Å². The molecule has 29 heavy (non-hydrogen) atoms. The van der Waals surface area contributed by atoms with E-state index in [1.54, 1.807) is 22.9 Å². The molecule has 7 nitrogen and oxygen atoms in total. The monoisotopic (exact) mass is 431 g/mol. The van der Waals surface area contributed by atoms with Crippen molar-refractivity contribution in [2.45, 2.75) is 40.2 Å². The number of fused-ring (bicyclic) bond motifs is 2. The number of hydrogen-bond donors (Lipinski definition) is 0. The summed E-state index contributed by atoms with van der Waals surface area (Å²) in [6.07, 6.45) is 4.22. The van der Waals surface area contributed by atoms with E-state index in [1.165, 1.54) is 0 Å². The van der Waals surface area contributed by atoms with Crippen molar-refractivity contribution in [2.75, 3.05) is 0 Å². The lowest BCUT2D eigenvalue weighted by Gasteiger charge is -2.10. The molecule has 9 heteroatoms. The molecule has 0 aliphatic carbocycles. The third-order valence-corrected chi connectivity index (χ3v) is 5.25. The lowest BCUT2D eigenvalue weighted by molar-refractivity contribution is -0.145. The molecular formula is C20H19Cl2N5O2. The van der Waals surface area contributed by atoms with E-state index in [2.05, 4.69) is 15.1 Å². The third kappa shape index (κ3) is 3.93. The molecule has 150 valence electrons. The lowest BCUT2D eigenvalue weighted by Crippen LogP contribution is -2.10. The second kappa shape index (κ2) is 7.65. The number of nitrogens with zero attached hydrogens (tertiary/aromatic N) is 5. The molecule has 0 saturated heterocycles. The average molecular weight is 432 g/mol. The maximum Gasteiger partial charge on any atom is 0.306 e. The summed E-state index contributed by atoms with van der Waals surface area (Å²) in [7, 11) is 0. The van der Waals surface area contributed by atoms with E-state index >= 15 is 0 Å². The Bertz CT molecular complexity index is 1250. The number of aromatic nitrogens is 5. The van der Waals surface area contributed by atoms with Gasteiger partial charge >= 0.3 is 5.97 Å². The number of carbonyl (C=O) groups excluding carboxylic acids is 1. The van der Waals surface area contributed by atoms with Crippen LogP contribution in [0.1, 0.15) is 34.8 Å². The maximum atomic E-state index is 12.3. The number of pyridine rings is 1. The highest BCUT2D eigenvalue weighted by Gasteiger charge is 2.14. The predicted octanol–water partition coefficient (Wildman–Crippen LogP) is 4.29. The predicted molar refractivity (Wildman–Crippen MR) is 111 cm³/mol. The fraction of sp³-hybridized carbons (Fsp3) is 0.300. The minimum Gasteiger partial charge on any atom is -0.459 e. The zero-order valence-electron chi connectivity index (χ0n) is 16.2. The lowest BCUT2D eigenvalue weighted by atomic mass is 10.1. The van der Waals surface area contributed by atoms with Crippen molar-refractivity contribution in [3.05, 3.63) is 62.9 Å². The van der Waals surface area contributed by atoms with Gasteiger partial charge in [0.2, 0.25) is 0 Å². The molecule has 4 aromatic rings. The van der Waals surface area contributed by atoms with Gasteiger partial charge in [-0.15, -0.1) is 0 Å². The fourth-order valence-electron chi connectivity index (χ4n) is 3.40. The number of carbonyl (C=O) groups is 1. The first kappa shape index (κ1) is 19.7. The van der Waals surface area contributed by atoms with Gasteiger partial charge in [0.15, 0.2) is 11.3 Å². The highest BCUT2D eigenvalue weighted by Crippen LogP contribution is 2.22. The second-order valence-corrected chi connectivity index (χ2v) is 7.79. The van der Waals surface area contributed by atoms with Gasteiger partial charge in [-0.25, -0.2) is 14.5 Å². The molecule has 0 spiro atoms. The van der Waals surface area contributed by atoms with Crippen LogP contribution in [0, 0.1) is 20.8 Å². The number of halogens is 2. The van der Waals surface area contributed by atoms with Crippen LogP contribution in [0.2, 0.25) is 10.0 Å². The maximum absolute atomic E-state index is 12.3. The summed E-state index contributed by atoms with van der Waals surface area (Å²) < 4.78 is 8.92. The highest BCUT2D eigenvalue weighted by atomic mass is 35.5. The van der Waals surface area contributed by atoms with Gasteiger partial charge < -0.3 is 9.14 Å². The van der Waals surface area contributed by atoms with Crippen LogP contribution in [0.25, 0.3) is 11.3 Å². The van der Waals surface area contributed by atoms with Crippen LogP contribution >= 0.6 is 23.2 Å². The first-order valence-corrected chi connectivity index (χ1v) is 9.88. The van der Waals surface area contributed by atoms with Crippen molar-refractivity contribution in [1.82, 2.24) is 24.0 Å². The van der Waals surface area contributed by atoms with Crippen LogP contribution in [0.15, 0.2) is 24.5 Å². The minimum absolute atomic E-state index is 0.0715. The normalized spacial score (nSPS) is 11.5. The molecule has 0 aliphatic heterocycles. The summed E-state index contributed by atoms with van der Waals surface area (Å²) in [5.74, 6) is -0.304. The average Bonchev–Trinajstić information content (AvgIpc) is 3.22. The number of aryl methyl sites for hydroxylation is 3. The molecule has 0 radical (unpaired) electrons. The van der Waals surface area contributed by atoms with Gasteiger partial charge in [-0.1, -0.05) is 23.2 Å². The van der Waals surface area contributed by atoms with E-state index in [0.717, 1.165) is 28.3 Å². The van der Waals surface area contributed by atoms with Gasteiger partial charge in [0, 0.05) is 36.3 Å². The Hall–Kier alpha value is -2.64. The van der Waals surface area contributed by atoms with E-state index < -0.39 is 0 Å². The molecule has 0 atom stereocenters. The SMILES string of the molecule is Cc1cc2nc(C)c(CCC(=O)OCc3cn4cc(Cl)cc(Cl)c4n3)c(C)n2n1. The number of hydrogen-bond acceptors (Lipinski definition) is 5. The smallest absolute Gasteiger partial charge is 0.306 e. The summed E-state index contributed by atoms with van der Waals surface area (Å²) in [6.45, 7) is 5.94. The van der Waals surface area contributed by atoms with Crippen LogP contribution in [0.5, 0.6) is 0 Å². The Morgan fingerprint density at radius 3 is 2.72 bits per heavy atom.